The molecule has 7 rings (SSSR count). The monoisotopic (exact) mass is 655 g/mol. The average molecular weight is 656 g/mol. The molecule has 48 heavy (non-hydrogen) atoms. The summed E-state index contributed by atoms with van der Waals surface area (Å²) in [6.45, 7) is 5.52. The largest absolute Gasteiger partial charge is 0.494 e. The van der Waals surface area contributed by atoms with E-state index in [1.807, 2.05) is 79.7 Å². The van der Waals surface area contributed by atoms with Gasteiger partial charge in [-0.05, 0) is 44.3 Å². The van der Waals surface area contributed by atoms with Gasteiger partial charge in [0.05, 0.1) is 36.2 Å². The first-order valence-electron chi connectivity index (χ1n) is 16.3. The number of carbonyl (C=O) groups excluding carboxylic acids is 1. The molecule has 3 aromatic carbocycles. The number of carbonyl (C=O) groups is 1. The summed E-state index contributed by atoms with van der Waals surface area (Å²) >= 11 is 0. The molecule has 6 atom stereocenters. The lowest BCUT2D eigenvalue weighted by Crippen LogP contribution is -2.56. The summed E-state index contributed by atoms with van der Waals surface area (Å²) < 4.78 is 18.0. The number of nitrogens with zero attached hydrogens (tertiary/aromatic N) is 3. The van der Waals surface area contributed by atoms with Crippen molar-refractivity contribution >= 4 is 33.9 Å². The molecule has 12 heteroatoms. The third kappa shape index (κ3) is 6.61. The van der Waals surface area contributed by atoms with E-state index in [0.717, 1.165) is 37.1 Å². The topological polar surface area (TPSA) is 152 Å². The van der Waals surface area contributed by atoms with E-state index < -0.39 is 30.7 Å². The number of benzene rings is 3. The summed E-state index contributed by atoms with van der Waals surface area (Å²) in [5.41, 5.74) is 4.63. The third-order valence-corrected chi connectivity index (χ3v) is 9.35. The molecule has 4 aromatic rings. The van der Waals surface area contributed by atoms with E-state index >= 15 is 0 Å². The third-order valence-electron chi connectivity index (χ3n) is 9.35. The number of ether oxygens (including phenoxy) is 3. The average Bonchev–Trinajstić information content (AvgIpc) is 3.69. The Labute approximate surface area is 278 Å². The zero-order valence-corrected chi connectivity index (χ0v) is 27.0. The fourth-order valence-electron chi connectivity index (χ4n) is 6.68. The number of aliphatic imine (C=N–C) groups is 1. The van der Waals surface area contributed by atoms with Gasteiger partial charge in [-0.15, -0.1) is 0 Å². The quantitative estimate of drug-likeness (QED) is 0.180. The molecule has 0 saturated carbocycles. The second-order valence-corrected chi connectivity index (χ2v) is 12.7. The number of aromatic amines is 1. The van der Waals surface area contributed by atoms with Crippen molar-refractivity contribution in [2.75, 3.05) is 51.7 Å². The van der Waals surface area contributed by atoms with E-state index in [-0.39, 0.29) is 24.5 Å². The van der Waals surface area contributed by atoms with E-state index in [1.165, 1.54) is 0 Å². The minimum atomic E-state index is -1.02. The van der Waals surface area contributed by atoms with Crippen LogP contribution in [0.5, 0.6) is 5.88 Å². The van der Waals surface area contributed by atoms with Gasteiger partial charge in [0, 0.05) is 53.9 Å². The van der Waals surface area contributed by atoms with Gasteiger partial charge in [-0.2, -0.15) is 0 Å². The van der Waals surface area contributed by atoms with Gasteiger partial charge in [0.1, 0.15) is 24.4 Å². The van der Waals surface area contributed by atoms with Crippen LogP contribution in [0.1, 0.15) is 29.9 Å². The molecular weight excluding hydrogens is 614 g/mol. The number of aromatic nitrogens is 1. The SMILES string of the molecule is CC1O[C@H](CO)[C@@H](O)C2OC(c3ccc4c(C(=Nc5ccc(NC(=O)CN6CCN(C)CC6)cc5)c5ccccc5)c(O)[nH]c4c3)O[C@H]12. The smallest absolute Gasteiger partial charge is 0.238 e. The van der Waals surface area contributed by atoms with E-state index in [1.54, 1.807) is 0 Å². The highest BCUT2D eigenvalue weighted by Gasteiger charge is 2.51. The number of likely N-dealkylation sites (N-methyl/N-ethyl adjacent to an activating group) is 1. The number of amides is 1. The van der Waals surface area contributed by atoms with Crippen LogP contribution in [0, 0.1) is 0 Å². The molecule has 1 amide bonds. The molecule has 3 aliphatic rings. The Bertz CT molecular complexity index is 1770. The van der Waals surface area contributed by atoms with Crippen LogP contribution in [0.15, 0.2) is 77.8 Å². The first-order valence-corrected chi connectivity index (χ1v) is 16.3. The summed E-state index contributed by atoms with van der Waals surface area (Å²) in [5, 5.41) is 35.3. The fourth-order valence-corrected chi connectivity index (χ4v) is 6.68. The van der Waals surface area contributed by atoms with E-state index in [9.17, 15) is 20.1 Å². The molecule has 4 heterocycles. The fraction of sp³-hybridized carbons (Fsp3) is 0.389. The number of aliphatic hydroxyl groups is 2. The zero-order valence-electron chi connectivity index (χ0n) is 27.0. The Morgan fingerprint density at radius 3 is 2.44 bits per heavy atom. The second-order valence-electron chi connectivity index (χ2n) is 12.7. The van der Waals surface area contributed by atoms with Crippen LogP contribution in [0.4, 0.5) is 11.4 Å². The van der Waals surface area contributed by atoms with Gasteiger partial charge in [0.15, 0.2) is 12.2 Å². The molecule has 0 bridgehead atoms. The maximum Gasteiger partial charge on any atom is 0.238 e. The Hall–Kier alpha value is -4.14. The van der Waals surface area contributed by atoms with E-state index in [4.69, 9.17) is 19.2 Å². The Morgan fingerprint density at radius 1 is 0.979 bits per heavy atom. The standard InChI is InChI=1S/C36H41N5O7/c1-21-33-34(32(44)28(20-42)46-21)48-36(47-33)23-8-13-26-27(18-23)39-35(45)30(26)31(22-6-4-3-5-7-22)38-25-11-9-24(10-12-25)37-29(43)19-41-16-14-40(2)15-17-41/h3-13,18,21,28,32-34,36,39,42,44-45H,14-17,19-20H2,1-2H3,(H,37,43)/t21?,28-,32-,33-,34?,36?/m1/s1. The number of fused-ring (bicyclic) bond motifs is 2. The molecule has 3 saturated heterocycles. The highest BCUT2D eigenvalue weighted by atomic mass is 16.7. The first kappa shape index (κ1) is 32.4. The minimum Gasteiger partial charge on any atom is -0.494 e. The van der Waals surface area contributed by atoms with Crippen molar-refractivity contribution in [1.82, 2.24) is 14.8 Å². The van der Waals surface area contributed by atoms with Crippen molar-refractivity contribution in [2.45, 2.75) is 43.7 Å². The molecule has 3 unspecified atom stereocenters. The lowest BCUT2D eigenvalue weighted by Gasteiger charge is -2.37. The normalized spacial score (nSPS) is 26.9. The molecule has 0 radical (unpaired) electrons. The summed E-state index contributed by atoms with van der Waals surface area (Å²) in [6.07, 6.45) is -4.05. The molecule has 252 valence electrons. The maximum atomic E-state index is 12.7. The van der Waals surface area contributed by atoms with Crippen molar-refractivity contribution in [3.05, 3.63) is 89.5 Å². The first-order chi connectivity index (χ1) is 23.3. The summed E-state index contributed by atoms with van der Waals surface area (Å²) in [6, 6.07) is 22.6. The number of aliphatic hydroxyl groups excluding tert-OH is 2. The predicted octanol–water partition coefficient (Wildman–Crippen LogP) is 3.15. The molecule has 0 spiro atoms. The van der Waals surface area contributed by atoms with Gasteiger partial charge < -0.3 is 44.7 Å². The maximum absolute atomic E-state index is 12.7. The summed E-state index contributed by atoms with van der Waals surface area (Å²) in [4.78, 5) is 25.2. The van der Waals surface area contributed by atoms with Crippen molar-refractivity contribution in [2.24, 2.45) is 4.99 Å². The highest BCUT2D eigenvalue weighted by Crippen LogP contribution is 2.40. The van der Waals surface area contributed by atoms with Gasteiger partial charge in [0.25, 0.3) is 0 Å². The van der Waals surface area contributed by atoms with Gasteiger partial charge >= 0.3 is 0 Å². The molecule has 5 N–H and O–H groups in total. The van der Waals surface area contributed by atoms with Crippen molar-refractivity contribution in [3.63, 3.8) is 0 Å². The second kappa shape index (κ2) is 13.8. The van der Waals surface area contributed by atoms with Gasteiger partial charge in [0.2, 0.25) is 5.91 Å². The number of piperazine rings is 1. The summed E-state index contributed by atoms with van der Waals surface area (Å²) in [5.74, 6) is -0.0906. The van der Waals surface area contributed by atoms with E-state index in [0.29, 0.717) is 40.3 Å². The zero-order chi connectivity index (χ0) is 33.4. The number of rotatable bonds is 8. The number of H-pyrrole nitrogens is 1. The van der Waals surface area contributed by atoms with Crippen LogP contribution in [-0.2, 0) is 19.0 Å². The molecule has 3 aliphatic heterocycles. The summed E-state index contributed by atoms with van der Waals surface area (Å²) in [7, 11) is 2.09. The Balaban J connectivity index is 1.13. The van der Waals surface area contributed by atoms with Crippen LogP contribution in [0.3, 0.4) is 0 Å². The molecule has 3 fully saturated rings. The van der Waals surface area contributed by atoms with Gasteiger partial charge in [-0.3, -0.25) is 9.69 Å². The number of hydrogen-bond acceptors (Lipinski definition) is 10. The number of hydrogen-bond donors (Lipinski definition) is 5. The molecule has 12 nitrogen and oxygen atoms in total. The van der Waals surface area contributed by atoms with E-state index in [2.05, 4.69) is 27.1 Å². The minimum absolute atomic E-state index is 0.0392. The number of nitrogens with one attached hydrogen (secondary N) is 2. The lowest BCUT2D eigenvalue weighted by atomic mass is 9.96. The van der Waals surface area contributed by atoms with Crippen molar-refractivity contribution < 1.29 is 34.3 Å². The highest BCUT2D eigenvalue weighted by molar-refractivity contribution is 6.22. The van der Waals surface area contributed by atoms with Gasteiger partial charge in [-0.1, -0.05) is 42.5 Å². The molecular formula is C36H41N5O7. The van der Waals surface area contributed by atoms with Crippen LogP contribution in [-0.4, -0.2) is 119 Å². The Kier molecular flexibility index (Phi) is 9.30. The van der Waals surface area contributed by atoms with Crippen LogP contribution in [0.2, 0.25) is 0 Å². The molecule has 0 aliphatic carbocycles. The van der Waals surface area contributed by atoms with Crippen molar-refractivity contribution in [1.29, 1.82) is 0 Å². The van der Waals surface area contributed by atoms with Gasteiger partial charge in [-0.25, -0.2) is 4.99 Å². The van der Waals surface area contributed by atoms with Crippen LogP contribution < -0.4 is 5.32 Å². The number of anilines is 1. The predicted molar refractivity (Wildman–Crippen MR) is 181 cm³/mol. The van der Waals surface area contributed by atoms with Crippen LogP contribution in [0.25, 0.3) is 10.9 Å². The number of aromatic hydroxyl groups is 1. The molecule has 1 aromatic heterocycles. The van der Waals surface area contributed by atoms with Crippen molar-refractivity contribution in [3.8, 4) is 5.88 Å². The Morgan fingerprint density at radius 2 is 1.71 bits per heavy atom. The lowest BCUT2D eigenvalue weighted by molar-refractivity contribution is -0.191. The van der Waals surface area contributed by atoms with Crippen LogP contribution >= 0.6 is 0 Å².